The van der Waals surface area contributed by atoms with Gasteiger partial charge in [-0.2, -0.15) is 0 Å². The van der Waals surface area contributed by atoms with E-state index in [1.54, 1.807) is 0 Å². The number of esters is 2. The molecule has 9 heteroatoms. The molecular weight excluding hydrogens is 839 g/mol. The van der Waals surface area contributed by atoms with Gasteiger partial charge in [0.15, 0.2) is 12.4 Å². The number of likely N-dealkylation sites (N-methyl/N-ethyl adjacent to an activating group) is 1. The van der Waals surface area contributed by atoms with Gasteiger partial charge in [-0.1, -0.05) is 230 Å². The highest BCUT2D eigenvalue weighted by atomic mass is 16.7. The SMILES string of the molecule is CCCCCCC/C=C\C/C=C\C/C=C\CCCCCCCCCCCCCCCCC(=O)OC(COC(=O)CCCCCCCCCCCCCCC)COC(OCC[N+](C)(C)C)C(=O)[O-]. The molecule has 0 amide bonds. The van der Waals surface area contributed by atoms with Crippen LogP contribution in [0.3, 0.4) is 0 Å². The molecule has 9 nitrogen and oxygen atoms in total. The summed E-state index contributed by atoms with van der Waals surface area (Å²) in [7, 11) is 5.92. The Hall–Kier alpha value is -2.49. The minimum Gasteiger partial charge on any atom is -0.545 e. The van der Waals surface area contributed by atoms with Crippen LogP contribution in [0.25, 0.3) is 0 Å². The van der Waals surface area contributed by atoms with Crippen LogP contribution in [-0.4, -0.2) is 82.3 Å². The number of carboxylic acids is 1. The average molecular weight is 946 g/mol. The van der Waals surface area contributed by atoms with E-state index < -0.39 is 24.3 Å². The van der Waals surface area contributed by atoms with Crippen molar-refractivity contribution in [1.29, 1.82) is 0 Å². The Labute approximate surface area is 413 Å². The number of ether oxygens (including phenoxy) is 4. The van der Waals surface area contributed by atoms with Gasteiger partial charge in [-0.05, 0) is 51.4 Å². The van der Waals surface area contributed by atoms with Gasteiger partial charge in [-0.25, -0.2) is 0 Å². The molecule has 0 saturated carbocycles. The van der Waals surface area contributed by atoms with E-state index in [-0.39, 0.29) is 32.2 Å². The number of hydrogen-bond acceptors (Lipinski definition) is 8. The molecule has 0 bridgehead atoms. The number of allylic oxidation sites excluding steroid dienone is 6. The lowest BCUT2D eigenvalue weighted by Gasteiger charge is -2.26. The zero-order valence-electron chi connectivity index (χ0n) is 44.5. The summed E-state index contributed by atoms with van der Waals surface area (Å²) in [6.07, 6.45) is 56.2. The molecule has 0 spiro atoms. The smallest absolute Gasteiger partial charge is 0.306 e. The van der Waals surface area contributed by atoms with Gasteiger partial charge in [0.1, 0.15) is 13.2 Å². The molecule has 2 atom stereocenters. The van der Waals surface area contributed by atoms with Crippen molar-refractivity contribution >= 4 is 17.9 Å². The second-order valence-electron chi connectivity index (χ2n) is 20.2. The first kappa shape index (κ1) is 64.5. The third-order valence-corrected chi connectivity index (χ3v) is 12.4. The summed E-state index contributed by atoms with van der Waals surface area (Å²) in [5.74, 6) is -2.27. The summed E-state index contributed by atoms with van der Waals surface area (Å²) in [6, 6.07) is 0. The summed E-state index contributed by atoms with van der Waals surface area (Å²) < 4.78 is 22.7. The van der Waals surface area contributed by atoms with Gasteiger partial charge in [0.2, 0.25) is 0 Å². The van der Waals surface area contributed by atoms with Crippen molar-refractivity contribution in [3.05, 3.63) is 36.5 Å². The largest absolute Gasteiger partial charge is 0.545 e. The number of carbonyl (C=O) groups excluding carboxylic acids is 3. The van der Waals surface area contributed by atoms with Gasteiger partial charge in [0.05, 0.1) is 40.3 Å². The summed E-state index contributed by atoms with van der Waals surface area (Å²) in [4.78, 5) is 37.2. The number of carbonyl (C=O) groups is 3. The van der Waals surface area contributed by atoms with Crippen molar-refractivity contribution in [2.45, 2.75) is 270 Å². The summed E-state index contributed by atoms with van der Waals surface area (Å²) in [5.41, 5.74) is 0. The number of nitrogens with zero attached hydrogens (tertiary/aromatic N) is 1. The second kappa shape index (κ2) is 49.9. The molecule has 0 aromatic heterocycles. The van der Waals surface area contributed by atoms with Crippen LogP contribution in [0.2, 0.25) is 0 Å². The molecule has 0 rings (SSSR count). The molecule has 0 aliphatic heterocycles. The molecule has 2 unspecified atom stereocenters. The van der Waals surface area contributed by atoms with E-state index in [4.69, 9.17) is 18.9 Å². The van der Waals surface area contributed by atoms with E-state index in [2.05, 4.69) is 50.3 Å². The van der Waals surface area contributed by atoms with E-state index in [1.165, 1.54) is 180 Å². The van der Waals surface area contributed by atoms with Crippen LogP contribution in [0.5, 0.6) is 0 Å². The van der Waals surface area contributed by atoms with Crippen LogP contribution in [0.1, 0.15) is 258 Å². The number of hydrogen-bond donors (Lipinski definition) is 0. The van der Waals surface area contributed by atoms with Crippen molar-refractivity contribution in [2.24, 2.45) is 0 Å². The Morgan fingerprint density at radius 3 is 1.19 bits per heavy atom. The molecule has 0 saturated heterocycles. The Bertz CT molecular complexity index is 1190. The standard InChI is InChI=1S/C58H107NO8/c1-6-8-10-12-14-16-18-20-21-22-23-24-25-26-27-28-29-30-31-32-33-34-35-37-39-41-43-45-47-49-56(61)67-54(53-66-58(57(62)63)64-51-50-59(3,4)5)52-65-55(60)48-46-44-42-40-38-36-19-17-15-13-11-9-7-2/h18,20,22-23,25-26,54,58H,6-17,19,21,24,27-53H2,1-5H3/b20-18-,23-22-,26-25-. The molecule has 0 aromatic carbocycles. The maximum atomic E-state index is 12.8. The van der Waals surface area contributed by atoms with E-state index in [0.717, 1.165) is 44.9 Å². The average Bonchev–Trinajstić information content (AvgIpc) is 3.29. The molecule has 0 heterocycles. The van der Waals surface area contributed by atoms with Gasteiger partial charge in [0, 0.05) is 12.8 Å². The Morgan fingerprint density at radius 2 is 0.806 bits per heavy atom. The molecule has 67 heavy (non-hydrogen) atoms. The third-order valence-electron chi connectivity index (χ3n) is 12.4. The zero-order valence-corrected chi connectivity index (χ0v) is 44.5. The summed E-state index contributed by atoms with van der Waals surface area (Å²) in [6.45, 7) is 4.76. The summed E-state index contributed by atoms with van der Waals surface area (Å²) in [5, 5.41) is 11.7. The highest BCUT2D eigenvalue weighted by Crippen LogP contribution is 2.16. The number of unbranched alkanes of at least 4 members (excludes halogenated alkanes) is 31. The molecule has 0 fully saturated rings. The quantitative estimate of drug-likeness (QED) is 0.0195. The van der Waals surface area contributed by atoms with Crippen molar-refractivity contribution < 1.29 is 42.9 Å². The third kappa shape index (κ3) is 51.2. The minimum absolute atomic E-state index is 0.149. The lowest BCUT2D eigenvalue weighted by molar-refractivity contribution is -0.870. The normalized spacial score (nSPS) is 13.0. The van der Waals surface area contributed by atoms with Crippen LogP contribution in [-0.2, 0) is 33.3 Å². The van der Waals surface area contributed by atoms with Crippen LogP contribution in [0, 0.1) is 0 Å². The van der Waals surface area contributed by atoms with Crippen molar-refractivity contribution in [1.82, 2.24) is 0 Å². The molecule has 392 valence electrons. The van der Waals surface area contributed by atoms with Gasteiger partial charge in [-0.15, -0.1) is 0 Å². The van der Waals surface area contributed by atoms with E-state index >= 15 is 0 Å². The minimum atomic E-state index is -1.62. The maximum Gasteiger partial charge on any atom is 0.306 e. The van der Waals surface area contributed by atoms with Crippen LogP contribution in [0.15, 0.2) is 36.5 Å². The van der Waals surface area contributed by atoms with Crippen LogP contribution >= 0.6 is 0 Å². The van der Waals surface area contributed by atoms with E-state index in [0.29, 0.717) is 23.9 Å². The predicted octanol–water partition coefficient (Wildman–Crippen LogP) is 14.8. The fourth-order valence-corrected chi connectivity index (χ4v) is 8.01. The molecule has 0 aromatic rings. The van der Waals surface area contributed by atoms with Gasteiger partial charge >= 0.3 is 11.9 Å². The molecule has 0 radical (unpaired) electrons. The van der Waals surface area contributed by atoms with Gasteiger partial charge in [-0.3, -0.25) is 9.59 Å². The Morgan fingerprint density at radius 1 is 0.448 bits per heavy atom. The van der Waals surface area contributed by atoms with Crippen molar-refractivity contribution in [3.8, 4) is 0 Å². The fraction of sp³-hybridized carbons (Fsp3) is 0.845. The molecule has 0 N–H and O–H groups in total. The lowest BCUT2D eigenvalue weighted by atomic mass is 10.0. The highest BCUT2D eigenvalue weighted by molar-refractivity contribution is 5.70. The van der Waals surface area contributed by atoms with Gasteiger partial charge < -0.3 is 33.3 Å². The first-order chi connectivity index (χ1) is 32.6. The lowest BCUT2D eigenvalue weighted by Crippen LogP contribution is -2.44. The molecule has 0 aliphatic rings. The molecule has 0 aliphatic carbocycles. The fourth-order valence-electron chi connectivity index (χ4n) is 8.01. The Balaban J connectivity index is 4.16. The van der Waals surface area contributed by atoms with Crippen LogP contribution in [0.4, 0.5) is 0 Å². The number of rotatable bonds is 52. The van der Waals surface area contributed by atoms with E-state index in [1.807, 2.05) is 21.1 Å². The molecular formula is C58H107NO8. The van der Waals surface area contributed by atoms with Gasteiger partial charge in [0.25, 0.3) is 0 Å². The second-order valence-corrected chi connectivity index (χ2v) is 20.2. The summed E-state index contributed by atoms with van der Waals surface area (Å²) >= 11 is 0. The van der Waals surface area contributed by atoms with Crippen LogP contribution < -0.4 is 5.11 Å². The topological polar surface area (TPSA) is 111 Å². The zero-order chi connectivity index (χ0) is 49.2. The van der Waals surface area contributed by atoms with Crippen molar-refractivity contribution in [2.75, 3.05) is 47.5 Å². The first-order valence-electron chi connectivity index (χ1n) is 28.1. The van der Waals surface area contributed by atoms with E-state index in [9.17, 15) is 19.5 Å². The highest BCUT2D eigenvalue weighted by Gasteiger charge is 2.22. The maximum absolute atomic E-state index is 12.8. The number of carboxylic acid groups (broad SMARTS) is 1. The number of aliphatic carboxylic acids is 1. The Kier molecular flexibility index (Phi) is 48.1. The first-order valence-corrected chi connectivity index (χ1v) is 28.1. The van der Waals surface area contributed by atoms with Crippen molar-refractivity contribution in [3.63, 3.8) is 0 Å². The number of quaternary nitrogens is 1. The monoisotopic (exact) mass is 946 g/mol. The predicted molar refractivity (Wildman–Crippen MR) is 279 cm³/mol.